The van der Waals surface area contributed by atoms with Gasteiger partial charge < -0.3 is 5.11 Å². The standard InChI is InChI=1S/C16H14FNO/c1-10-12(6-8-19)14-9-11(17)4-5-13(14)16(10)15-3-2-7-18-15/h2-5,7,9,19H,6,8H2,1H3. The number of aliphatic hydroxyl groups excluding tert-OH is 1. The first-order chi connectivity index (χ1) is 9.22. The van der Waals surface area contributed by atoms with Crippen LogP contribution >= 0.6 is 0 Å². The van der Waals surface area contributed by atoms with E-state index in [1.165, 1.54) is 6.07 Å². The number of aliphatic imine (C=N–C) groups is 1. The van der Waals surface area contributed by atoms with Crippen molar-refractivity contribution in [1.82, 2.24) is 0 Å². The van der Waals surface area contributed by atoms with Gasteiger partial charge in [-0.2, -0.15) is 0 Å². The predicted octanol–water partition coefficient (Wildman–Crippen LogP) is 3.35. The van der Waals surface area contributed by atoms with Crippen molar-refractivity contribution in [3.8, 4) is 0 Å². The van der Waals surface area contributed by atoms with Crippen molar-refractivity contribution in [2.75, 3.05) is 6.61 Å². The van der Waals surface area contributed by atoms with Crippen LogP contribution < -0.4 is 0 Å². The Morgan fingerprint density at radius 2 is 2.11 bits per heavy atom. The summed E-state index contributed by atoms with van der Waals surface area (Å²) in [5.41, 5.74) is 5.91. The number of rotatable bonds is 2. The maximum absolute atomic E-state index is 13.5. The number of halogens is 1. The summed E-state index contributed by atoms with van der Waals surface area (Å²) in [6.45, 7) is 2.07. The van der Waals surface area contributed by atoms with E-state index in [0.717, 1.165) is 33.5 Å². The number of aliphatic hydroxyl groups is 1. The molecule has 0 unspecified atom stereocenters. The molecule has 1 aliphatic carbocycles. The van der Waals surface area contributed by atoms with E-state index in [-0.39, 0.29) is 12.4 Å². The minimum Gasteiger partial charge on any atom is -0.396 e. The highest BCUT2D eigenvalue weighted by Crippen LogP contribution is 2.45. The first kappa shape index (κ1) is 12.1. The van der Waals surface area contributed by atoms with E-state index in [9.17, 15) is 9.50 Å². The third-order valence-corrected chi connectivity index (χ3v) is 3.58. The van der Waals surface area contributed by atoms with E-state index in [4.69, 9.17) is 0 Å². The Hall–Kier alpha value is -2.00. The molecule has 0 aromatic heterocycles. The van der Waals surface area contributed by atoms with Gasteiger partial charge in [0.1, 0.15) is 5.82 Å². The Balaban J connectivity index is 2.26. The zero-order chi connectivity index (χ0) is 13.4. The monoisotopic (exact) mass is 255 g/mol. The number of hydrogen-bond acceptors (Lipinski definition) is 2. The van der Waals surface area contributed by atoms with Crippen LogP contribution in [0.25, 0.3) is 11.1 Å². The fourth-order valence-corrected chi connectivity index (χ4v) is 2.75. The molecule has 0 saturated heterocycles. The van der Waals surface area contributed by atoms with Gasteiger partial charge in [0.05, 0.1) is 5.70 Å². The molecule has 0 amide bonds. The Bertz CT molecular complexity index is 651. The molecule has 96 valence electrons. The van der Waals surface area contributed by atoms with Gasteiger partial charge in [-0.25, -0.2) is 4.39 Å². The summed E-state index contributed by atoms with van der Waals surface area (Å²) in [6.07, 6.45) is 6.13. The minimum atomic E-state index is -0.251. The zero-order valence-corrected chi connectivity index (χ0v) is 10.7. The molecule has 0 atom stereocenters. The number of benzene rings is 1. The van der Waals surface area contributed by atoms with Crippen LogP contribution in [-0.2, 0) is 0 Å². The van der Waals surface area contributed by atoms with Crippen molar-refractivity contribution in [1.29, 1.82) is 0 Å². The predicted molar refractivity (Wildman–Crippen MR) is 75.2 cm³/mol. The highest BCUT2D eigenvalue weighted by Gasteiger charge is 2.26. The van der Waals surface area contributed by atoms with Crippen molar-refractivity contribution in [2.24, 2.45) is 4.99 Å². The van der Waals surface area contributed by atoms with Gasteiger partial charge in [-0.1, -0.05) is 6.07 Å². The molecule has 3 rings (SSSR count). The van der Waals surface area contributed by atoms with E-state index in [1.807, 2.05) is 19.1 Å². The quantitative estimate of drug-likeness (QED) is 0.863. The molecular formula is C16H14FNO. The third-order valence-electron chi connectivity index (χ3n) is 3.58. The van der Waals surface area contributed by atoms with Gasteiger partial charge in [-0.15, -0.1) is 0 Å². The topological polar surface area (TPSA) is 32.6 Å². The molecule has 1 N–H and O–H groups in total. The largest absolute Gasteiger partial charge is 0.396 e. The molecule has 0 fully saturated rings. The minimum absolute atomic E-state index is 0.0599. The highest BCUT2D eigenvalue weighted by molar-refractivity contribution is 6.02. The molecular weight excluding hydrogens is 241 g/mol. The number of fused-ring (bicyclic) bond motifs is 1. The molecule has 1 aliphatic heterocycles. The lowest BCUT2D eigenvalue weighted by molar-refractivity contribution is 0.305. The second-order valence-electron chi connectivity index (χ2n) is 4.66. The summed E-state index contributed by atoms with van der Waals surface area (Å²) in [5, 5.41) is 9.20. The molecule has 0 bridgehead atoms. The van der Waals surface area contributed by atoms with Gasteiger partial charge in [0.25, 0.3) is 0 Å². The van der Waals surface area contributed by atoms with Crippen LogP contribution in [0.2, 0.25) is 0 Å². The lowest BCUT2D eigenvalue weighted by atomic mass is 10.0. The van der Waals surface area contributed by atoms with E-state index >= 15 is 0 Å². The molecule has 3 heteroatoms. The maximum Gasteiger partial charge on any atom is 0.123 e. The maximum atomic E-state index is 13.5. The van der Waals surface area contributed by atoms with Gasteiger partial charge in [0, 0.05) is 18.4 Å². The van der Waals surface area contributed by atoms with Crippen molar-refractivity contribution in [3.63, 3.8) is 0 Å². The molecule has 2 nitrogen and oxygen atoms in total. The van der Waals surface area contributed by atoms with Crippen LogP contribution in [0.4, 0.5) is 4.39 Å². The van der Waals surface area contributed by atoms with Gasteiger partial charge in [0.2, 0.25) is 0 Å². The van der Waals surface area contributed by atoms with Gasteiger partial charge in [-0.3, -0.25) is 4.99 Å². The number of nitrogens with zero attached hydrogens (tertiary/aromatic N) is 1. The van der Waals surface area contributed by atoms with Crippen LogP contribution in [0.15, 0.2) is 46.6 Å². The van der Waals surface area contributed by atoms with Crippen LogP contribution in [0, 0.1) is 5.82 Å². The summed E-state index contributed by atoms with van der Waals surface area (Å²) in [6, 6.07) is 4.80. The summed E-state index contributed by atoms with van der Waals surface area (Å²) >= 11 is 0. The zero-order valence-electron chi connectivity index (χ0n) is 10.7. The number of allylic oxidation sites excluding steroid dienone is 4. The SMILES string of the molecule is CC1=C(CCO)c2cc(F)ccc2C1=C1C=CC=N1. The molecule has 1 heterocycles. The van der Waals surface area contributed by atoms with Crippen molar-refractivity contribution in [2.45, 2.75) is 13.3 Å². The van der Waals surface area contributed by atoms with Gasteiger partial charge in [0.15, 0.2) is 0 Å². The fourth-order valence-electron chi connectivity index (χ4n) is 2.75. The van der Waals surface area contributed by atoms with Gasteiger partial charge in [-0.05, 0) is 59.9 Å². The molecule has 1 aromatic carbocycles. The number of hydrogen-bond donors (Lipinski definition) is 1. The smallest absolute Gasteiger partial charge is 0.123 e. The molecule has 0 radical (unpaired) electrons. The van der Waals surface area contributed by atoms with Gasteiger partial charge >= 0.3 is 0 Å². The summed E-state index contributed by atoms with van der Waals surface area (Å²) in [5.74, 6) is -0.251. The average Bonchev–Trinajstić information content (AvgIpc) is 2.98. The van der Waals surface area contributed by atoms with Crippen molar-refractivity contribution in [3.05, 3.63) is 58.6 Å². The van der Waals surface area contributed by atoms with Crippen molar-refractivity contribution >= 4 is 17.4 Å². The summed E-state index contributed by atoms with van der Waals surface area (Å²) < 4.78 is 13.5. The highest BCUT2D eigenvalue weighted by atomic mass is 19.1. The third kappa shape index (κ3) is 1.87. The lowest BCUT2D eigenvalue weighted by Gasteiger charge is -2.05. The van der Waals surface area contributed by atoms with Crippen LogP contribution in [0.5, 0.6) is 0 Å². The first-order valence-corrected chi connectivity index (χ1v) is 6.28. The first-order valence-electron chi connectivity index (χ1n) is 6.28. The Morgan fingerprint density at radius 3 is 2.79 bits per heavy atom. The molecule has 1 aromatic rings. The molecule has 2 aliphatic rings. The fraction of sp³-hybridized carbons (Fsp3) is 0.188. The second-order valence-corrected chi connectivity index (χ2v) is 4.66. The summed E-state index contributed by atoms with van der Waals surface area (Å²) in [7, 11) is 0. The van der Waals surface area contributed by atoms with E-state index in [2.05, 4.69) is 4.99 Å². The van der Waals surface area contributed by atoms with E-state index in [1.54, 1.807) is 18.3 Å². The van der Waals surface area contributed by atoms with E-state index in [0.29, 0.717) is 6.42 Å². The Kier molecular flexibility index (Phi) is 2.91. The lowest BCUT2D eigenvalue weighted by Crippen LogP contribution is -1.90. The average molecular weight is 255 g/mol. The van der Waals surface area contributed by atoms with E-state index < -0.39 is 0 Å². The van der Waals surface area contributed by atoms with Crippen molar-refractivity contribution < 1.29 is 9.50 Å². The second kappa shape index (κ2) is 4.59. The normalized spacial score (nSPS) is 20.6. The van der Waals surface area contributed by atoms with Crippen LogP contribution in [0.3, 0.4) is 0 Å². The molecule has 19 heavy (non-hydrogen) atoms. The Morgan fingerprint density at radius 1 is 1.26 bits per heavy atom. The van der Waals surface area contributed by atoms with Crippen LogP contribution in [0.1, 0.15) is 24.5 Å². The molecule has 0 spiro atoms. The molecule has 0 saturated carbocycles. The van der Waals surface area contributed by atoms with Crippen LogP contribution in [-0.4, -0.2) is 17.9 Å². The summed E-state index contributed by atoms with van der Waals surface area (Å²) in [4.78, 5) is 4.34. The Labute approximate surface area is 111 Å².